The summed E-state index contributed by atoms with van der Waals surface area (Å²) in [5, 5.41) is 0. The van der Waals surface area contributed by atoms with Crippen LogP contribution in [0.5, 0.6) is 0 Å². The lowest BCUT2D eigenvalue weighted by molar-refractivity contribution is 0.0547. The van der Waals surface area contributed by atoms with Crippen LogP contribution in [0.25, 0.3) is 0 Å². The molecule has 1 fully saturated rings. The summed E-state index contributed by atoms with van der Waals surface area (Å²) in [4.78, 5) is 2.47. The van der Waals surface area contributed by atoms with Crippen molar-refractivity contribution in [3.05, 3.63) is 0 Å². The third-order valence-electron chi connectivity index (χ3n) is 3.32. The largest absolute Gasteiger partial charge is 0.344 e. The molecule has 1 aliphatic heterocycles. The van der Waals surface area contributed by atoms with E-state index >= 15 is 0 Å². The van der Waals surface area contributed by atoms with Gasteiger partial charge < -0.3 is 17.2 Å². The SMILES string of the molecule is CC1CCCN(C)C1(C)C.N.N. The Morgan fingerprint density at radius 2 is 1.75 bits per heavy atom. The minimum absolute atomic E-state index is 0. The highest BCUT2D eigenvalue weighted by Crippen LogP contribution is 2.30. The van der Waals surface area contributed by atoms with Crippen molar-refractivity contribution in [3.63, 3.8) is 0 Å². The summed E-state index contributed by atoms with van der Waals surface area (Å²) in [6.07, 6.45) is 2.78. The number of nitrogens with zero attached hydrogens (tertiary/aromatic N) is 1. The first kappa shape index (κ1) is 14.4. The highest BCUT2D eigenvalue weighted by atomic mass is 15.2. The molecule has 1 atom stereocenters. The maximum absolute atomic E-state index is 2.47. The smallest absolute Gasteiger partial charge is 0.0175 e. The fourth-order valence-corrected chi connectivity index (χ4v) is 1.65. The van der Waals surface area contributed by atoms with Gasteiger partial charge in [-0.15, -0.1) is 0 Å². The Hall–Kier alpha value is -0.120. The third kappa shape index (κ3) is 2.44. The van der Waals surface area contributed by atoms with Crippen molar-refractivity contribution >= 4 is 0 Å². The predicted molar refractivity (Wildman–Crippen MR) is 55.2 cm³/mol. The molecule has 3 heteroatoms. The van der Waals surface area contributed by atoms with E-state index in [9.17, 15) is 0 Å². The lowest BCUT2D eigenvalue weighted by Gasteiger charge is -2.44. The third-order valence-corrected chi connectivity index (χ3v) is 3.32. The van der Waals surface area contributed by atoms with Gasteiger partial charge in [-0.1, -0.05) is 6.92 Å². The molecule has 0 aliphatic carbocycles. The minimum atomic E-state index is 0. The van der Waals surface area contributed by atoms with Crippen LogP contribution in [0.1, 0.15) is 33.6 Å². The molecule has 0 spiro atoms. The van der Waals surface area contributed by atoms with E-state index < -0.39 is 0 Å². The lowest BCUT2D eigenvalue weighted by atomic mass is 9.81. The van der Waals surface area contributed by atoms with Gasteiger partial charge in [-0.3, -0.25) is 0 Å². The van der Waals surface area contributed by atoms with Crippen molar-refractivity contribution in [2.75, 3.05) is 13.6 Å². The second-order valence-electron chi connectivity index (χ2n) is 4.12. The van der Waals surface area contributed by atoms with E-state index in [1.165, 1.54) is 19.4 Å². The van der Waals surface area contributed by atoms with Crippen molar-refractivity contribution in [1.82, 2.24) is 17.2 Å². The zero-order valence-corrected chi connectivity index (χ0v) is 9.06. The molecule has 0 radical (unpaired) electrons. The zero-order chi connectivity index (χ0) is 7.78. The van der Waals surface area contributed by atoms with Crippen LogP contribution in [0, 0.1) is 5.92 Å². The van der Waals surface area contributed by atoms with Crippen molar-refractivity contribution in [2.45, 2.75) is 39.2 Å². The molecule has 1 heterocycles. The number of likely N-dealkylation sites (tertiary alicyclic amines) is 1. The second-order valence-corrected chi connectivity index (χ2v) is 4.12. The topological polar surface area (TPSA) is 73.2 Å². The molecule has 6 N–H and O–H groups in total. The van der Waals surface area contributed by atoms with Gasteiger partial charge in [-0.25, -0.2) is 0 Å². The molecule has 0 aromatic rings. The molecule has 1 unspecified atom stereocenters. The summed E-state index contributed by atoms with van der Waals surface area (Å²) >= 11 is 0. The summed E-state index contributed by atoms with van der Waals surface area (Å²) in [5.74, 6) is 0.853. The monoisotopic (exact) mass is 175 g/mol. The maximum atomic E-state index is 2.47. The molecule has 0 aromatic carbocycles. The Bertz CT molecular complexity index is 111. The molecular formula is C9H25N3. The van der Waals surface area contributed by atoms with Crippen LogP contribution in [0.15, 0.2) is 0 Å². The van der Waals surface area contributed by atoms with E-state index in [0.717, 1.165) is 5.92 Å². The van der Waals surface area contributed by atoms with Gasteiger partial charge in [0.1, 0.15) is 0 Å². The Balaban J connectivity index is 0. The normalized spacial score (nSPS) is 28.5. The zero-order valence-electron chi connectivity index (χ0n) is 9.06. The highest BCUT2D eigenvalue weighted by molar-refractivity contribution is 4.88. The molecule has 1 saturated heterocycles. The van der Waals surface area contributed by atoms with Gasteiger partial charge in [0, 0.05) is 5.54 Å². The molecule has 3 nitrogen and oxygen atoms in total. The van der Waals surface area contributed by atoms with Crippen LogP contribution in [-0.4, -0.2) is 24.0 Å². The highest BCUT2D eigenvalue weighted by Gasteiger charge is 2.32. The van der Waals surface area contributed by atoms with Crippen LogP contribution in [0.2, 0.25) is 0 Å². The van der Waals surface area contributed by atoms with Gasteiger partial charge in [0.05, 0.1) is 0 Å². The predicted octanol–water partition coefficient (Wildman–Crippen LogP) is 2.45. The molecule has 0 amide bonds. The van der Waals surface area contributed by atoms with Crippen LogP contribution in [-0.2, 0) is 0 Å². The van der Waals surface area contributed by atoms with Gasteiger partial charge in [0.25, 0.3) is 0 Å². The minimum Gasteiger partial charge on any atom is -0.344 e. The Kier molecular flexibility index (Phi) is 5.76. The van der Waals surface area contributed by atoms with Gasteiger partial charge in [-0.05, 0) is 46.2 Å². The first-order valence-electron chi connectivity index (χ1n) is 4.26. The van der Waals surface area contributed by atoms with Gasteiger partial charge >= 0.3 is 0 Å². The molecule has 12 heavy (non-hydrogen) atoms. The number of rotatable bonds is 0. The average molecular weight is 175 g/mol. The van der Waals surface area contributed by atoms with E-state index in [1.807, 2.05) is 0 Å². The quantitative estimate of drug-likeness (QED) is 0.594. The summed E-state index contributed by atoms with van der Waals surface area (Å²) in [6.45, 7) is 8.32. The number of hydrogen-bond donors (Lipinski definition) is 2. The van der Waals surface area contributed by atoms with Crippen LogP contribution in [0.4, 0.5) is 0 Å². The van der Waals surface area contributed by atoms with E-state index in [2.05, 4.69) is 32.7 Å². The Labute approximate surface area is 76.7 Å². The summed E-state index contributed by atoms with van der Waals surface area (Å²) in [6, 6.07) is 0. The first-order chi connectivity index (χ1) is 4.55. The van der Waals surface area contributed by atoms with E-state index in [-0.39, 0.29) is 12.3 Å². The van der Waals surface area contributed by atoms with E-state index in [4.69, 9.17) is 0 Å². The fraction of sp³-hybridized carbons (Fsp3) is 1.00. The molecule has 0 saturated carbocycles. The van der Waals surface area contributed by atoms with Gasteiger partial charge in [-0.2, -0.15) is 0 Å². The van der Waals surface area contributed by atoms with Crippen molar-refractivity contribution < 1.29 is 0 Å². The number of piperidine rings is 1. The summed E-state index contributed by atoms with van der Waals surface area (Å²) in [7, 11) is 2.23. The molecule has 1 rings (SSSR count). The van der Waals surface area contributed by atoms with Crippen molar-refractivity contribution in [2.24, 2.45) is 5.92 Å². The molecule has 76 valence electrons. The van der Waals surface area contributed by atoms with Crippen LogP contribution in [0.3, 0.4) is 0 Å². The molecule has 1 aliphatic rings. The summed E-state index contributed by atoms with van der Waals surface area (Å²) < 4.78 is 0. The Morgan fingerprint density at radius 1 is 1.25 bits per heavy atom. The van der Waals surface area contributed by atoms with Crippen LogP contribution < -0.4 is 12.3 Å². The molecular weight excluding hydrogens is 150 g/mol. The standard InChI is InChI=1S/C9H19N.2H3N/c1-8-6-5-7-10(4)9(8,2)3;;/h8H,5-7H2,1-4H3;2*1H3. The van der Waals surface area contributed by atoms with Gasteiger partial charge in [0.2, 0.25) is 0 Å². The van der Waals surface area contributed by atoms with Gasteiger partial charge in [0.15, 0.2) is 0 Å². The van der Waals surface area contributed by atoms with Crippen LogP contribution >= 0.6 is 0 Å². The number of hydrogen-bond acceptors (Lipinski definition) is 3. The fourth-order valence-electron chi connectivity index (χ4n) is 1.65. The first-order valence-corrected chi connectivity index (χ1v) is 4.26. The average Bonchev–Trinajstić information content (AvgIpc) is 1.84. The van der Waals surface area contributed by atoms with Crippen molar-refractivity contribution in [1.29, 1.82) is 0 Å². The lowest BCUT2D eigenvalue weighted by Crippen LogP contribution is -2.49. The van der Waals surface area contributed by atoms with E-state index in [0.29, 0.717) is 5.54 Å². The van der Waals surface area contributed by atoms with E-state index in [1.54, 1.807) is 0 Å². The molecule has 0 bridgehead atoms. The molecule has 0 aromatic heterocycles. The maximum Gasteiger partial charge on any atom is 0.0175 e. The van der Waals surface area contributed by atoms with Crippen molar-refractivity contribution in [3.8, 4) is 0 Å². The summed E-state index contributed by atoms with van der Waals surface area (Å²) in [5.41, 5.74) is 0.429. The second kappa shape index (κ2) is 4.80. The Morgan fingerprint density at radius 3 is 2.08 bits per heavy atom.